The number of rotatable bonds is 2. The van der Waals surface area contributed by atoms with Gasteiger partial charge in [0.15, 0.2) is 0 Å². The van der Waals surface area contributed by atoms with Gasteiger partial charge in [0.2, 0.25) is 0 Å². The zero-order valence-corrected chi connectivity index (χ0v) is 14.0. The Bertz CT molecular complexity index is 794. The summed E-state index contributed by atoms with van der Waals surface area (Å²) in [5, 5.41) is 12.7. The van der Waals surface area contributed by atoms with Gasteiger partial charge in [0.05, 0.1) is 11.1 Å². The third kappa shape index (κ3) is 2.79. The molecule has 3 rings (SSSR count). The van der Waals surface area contributed by atoms with Crippen molar-refractivity contribution in [3.8, 4) is 6.07 Å². The molecule has 0 atom stereocenters. The Morgan fingerprint density at radius 1 is 1.36 bits per heavy atom. The van der Waals surface area contributed by atoms with Gasteiger partial charge in [-0.15, -0.1) is 11.3 Å². The molecule has 22 heavy (non-hydrogen) atoms. The van der Waals surface area contributed by atoms with E-state index in [4.69, 9.17) is 0 Å². The van der Waals surface area contributed by atoms with Gasteiger partial charge in [0, 0.05) is 9.35 Å². The maximum absolute atomic E-state index is 13.3. The lowest BCUT2D eigenvalue weighted by molar-refractivity contribution is 0.102. The van der Waals surface area contributed by atoms with Gasteiger partial charge in [0.25, 0.3) is 5.91 Å². The van der Waals surface area contributed by atoms with Gasteiger partial charge in [-0.1, -0.05) is 0 Å². The van der Waals surface area contributed by atoms with Crippen LogP contribution in [0.25, 0.3) is 0 Å². The molecule has 0 fully saturated rings. The van der Waals surface area contributed by atoms with Crippen LogP contribution in [-0.4, -0.2) is 5.91 Å². The molecule has 0 spiro atoms. The fourth-order valence-electron chi connectivity index (χ4n) is 2.61. The van der Waals surface area contributed by atoms with Crippen molar-refractivity contribution in [2.45, 2.75) is 25.7 Å². The molecule has 0 unspecified atom stereocenters. The highest BCUT2D eigenvalue weighted by Gasteiger charge is 2.22. The van der Waals surface area contributed by atoms with Gasteiger partial charge >= 0.3 is 0 Å². The van der Waals surface area contributed by atoms with E-state index in [9.17, 15) is 14.4 Å². The van der Waals surface area contributed by atoms with Crippen LogP contribution >= 0.6 is 27.3 Å². The first-order valence-electron chi connectivity index (χ1n) is 6.91. The smallest absolute Gasteiger partial charge is 0.257 e. The SMILES string of the molecule is N#Cc1c(NC(=O)c2cc(F)ccc2Br)sc2c1CCCC2. The summed E-state index contributed by atoms with van der Waals surface area (Å²) in [6, 6.07) is 6.15. The number of nitrogens with zero attached hydrogens (tertiary/aromatic N) is 1. The molecule has 2 aromatic rings. The van der Waals surface area contributed by atoms with E-state index in [-0.39, 0.29) is 5.56 Å². The average Bonchev–Trinajstić information content (AvgIpc) is 2.86. The van der Waals surface area contributed by atoms with Crippen molar-refractivity contribution in [2.24, 2.45) is 0 Å². The molecular weight excluding hydrogens is 367 g/mol. The van der Waals surface area contributed by atoms with Crippen LogP contribution in [0, 0.1) is 17.1 Å². The number of fused-ring (bicyclic) bond motifs is 1. The van der Waals surface area contributed by atoms with Gasteiger partial charge in [-0.05, 0) is 65.4 Å². The van der Waals surface area contributed by atoms with Gasteiger partial charge in [-0.2, -0.15) is 5.26 Å². The predicted molar refractivity (Wildman–Crippen MR) is 87.7 cm³/mol. The molecular formula is C16H12BrFN2OS. The number of thiophene rings is 1. The minimum Gasteiger partial charge on any atom is -0.312 e. The Kier molecular flexibility index (Phi) is 4.27. The number of carbonyl (C=O) groups is 1. The Labute approximate surface area is 139 Å². The lowest BCUT2D eigenvalue weighted by atomic mass is 9.96. The summed E-state index contributed by atoms with van der Waals surface area (Å²) in [7, 11) is 0. The molecule has 1 aliphatic carbocycles. The van der Waals surface area contributed by atoms with E-state index in [1.54, 1.807) is 0 Å². The van der Waals surface area contributed by atoms with Crippen LogP contribution in [0.5, 0.6) is 0 Å². The summed E-state index contributed by atoms with van der Waals surface area (Å²) in [5.74, 6) is -0.888. The molecule has 1 N–H and O–H groups in total. The first-order valence-corrected chi connectivity index (χ1v) is 8.52. The number of halogens is 2. The summed E-state index contributed by atoms with van der Waals surface area (Å²) in [5.41, 5.74) is 1.84. The summed E-state index contributed by atoms with van der Waals surface area (Å²) in [4.78, 5) is 13.5. The zero-order valence-electron chi connectivity index (χ0n) is 11.6. The van der Waals surface area contributed by atoms with E-state index in [0.717, 1.165) is 31.2 Å². The molecule has 3 nitrogen and oxygen atoms in total. The second-order valence-corrected chi connectivity index (χ2v) is 7.06. The maximum atomic E-state index is 13.3. The first-order chi connectivity index (χ1) is 10.6. The number of hydrogen-bond donors (Lipinski definition) is 1. The quantitative estimate of drug-likeness (QED) is 0.826. The van der Waals surface area contributed by atoms with Crippen LogP contribution in [0.2, 0.25) is 0 Å². The van der Waals surface area contributed by atoms with Gasteiger partial charge in [-0.3, -0.25) is 4.79 Å². The number of nitriles is 1. The van der Waals surface area contributed by atoms with Crippen LogP contribution < -0.4 is 5.32 Å². The van der Waals surface area contributed by atoms with E-state index in [1.807, 2.05) is 0 Å². The van der Waals surface area contributed by atoms with E-state index >= 15 is 0 Å². The number of carbonyl (C=O) groups excluding carboxylic acids is 1. The summed E-state index contributed by atoms with van der Waals surface area (Å²) in [6.45, 7) is 0. The van der Waals surface area contributed by atoms with E-state index in [1.165, 1.54) is 34.4 Å². The van der Waals surface area contributed by atoms with Crippen LogP contribution in [-0.2, 0) is 12.8 Å². The second-order valence-electron chi connectivity index (χ2n) is 5.11. The molecule has 6 heteroatoms. The second kappa shape index (κ2) is 6.19. The summed E-state index contributed by atoms with van der Waals surface area (Å²) in [6.07, 6.45) is 4.02. The lowest BCUT2D eigenvalue weighted by Gasteiger charge is -2.09. The highest BCUT2D eigenvalue weighted by Crippen LogP contribution is 2.38. The van der Waals surface area contributed by atoms with Crippen LogP contribution in [0.15, 0.2) is 22.7 Å². The summed E-state index contributed by atoms with van der Waals surface area (Å²) < 4.78 is 13.8. The molecule has 112 valence electrons. The minimum absolute atomic E-state index is 0.218. The van der Waals surface area contributed by atoms with Crippen molar-refractivity contribution in [3.05, 3.63) is 50.1 Å². The number of hydrogen-bond acceptors (Lipinski definition) is 3. The number of benzene rings is 1. The third-order valence-corrected chi connectivity index (χ3v) is 5.58. The molecule has 1 amide bonds. The Balaban J connectivity index is 1.93. The number of anilines is 1. The molecule has 0 radical (unpaired) electrons. The highest BCUT2D eigenvalue weighted by molar-refractivity contribution is 9.10. The van der Waals surface area contributed by atoms with Gasteiger partial charge < -0.3 is 5.32 Å². The first kappa shape index (κ1) is 15.2. The molecule has 1 aliphatic rings. The van der Waals surface area contributed by atoms with E-state index < -0.39 is 11.7 Å². The minimum atomic E-state index is -0.473. The molecule has 1 aromatic heterocycles. The average molecular weight is 379 g/mol. The topological polar surface area (TPSA) is 52.9 Å². The van der Waals surface area contributed by atoms with Gasteiger partial charge in [0.1, 0.15) is 16.9 Å². The van der Waals surface area contributed by atoms with Crippen molar-refractivity contribution < 1.29 is 9.18 Å². The molecule has 1 aromatic carbocycles. The number of nitrogens with one attached hydrogen (secondary N) is 1. The standard InChI is InChI=1S/C16H12BrFN2OS/c17-13-6-5-9(18)7-11(13)15(21)20-16-12(8-19)10-3-1-2-4-14(10)22-16/h5-7H,1-4H2,(H,20,21). The van der Waals surface area contributed by atoms with Crippen LogP contribution in [0.1, 0.15) is 39.2 Å². The van der Waals surface area contributed by atoms with E-state index in [2.05, 4.69) is 27.3 Å². The lowest BCUT2D eigenvalue weighted by Crippen LogP contribution is -2.13. The largest absolute Gasteiger partial charge is 0.312 e. The maximum Gasteiger partial charge on any atom is 0.257 e. The monoisotopic (exact) mass is 378 g/mol. The molecule has 0 saturated carbocycles. The van der Waals surface area contributed by atoms with E-state index in [0.29, 0.717) is 15.0 Å². The molecule has 1 heterocycles. The fraction of sp³-hybridized carbons (Fsp3) is 0.250. The van der Waals surface area contributed by atoms with Crippen molar-refractivity contribution >= 4 is 38.2 Å². The third-order valence-electron chi connectivity index (χ3n) is 3.68. The Morgan fingerprint density at radius 3 is 2.91 bits per heavy atom. The van der Waals surface area contributed by atoms with Crippen LogP contribution in [0.3, 0.4) is 0 Å². The number of amides is 1. The Morgan fingerprint density at radius 2 is 2.14 bits per heavy atom. The van der Waals surface area contributed by atoms with Crippen molar-refractivity contribution in [1.29, 1.82) is 5.26 Å². The Hall–Kier alpha value is -1.71. The van der Waals surface area contributed by atoms with Crippen molar-refractivity contribution in [1.82, 2.24) is 0 Å². The van der Waals surface area contributed by atoms with Crippen LogP contribution in [0.4, 0.5) is 9.39 Å². The summed E-state index contributed by atoms with van der Waals surface area (Å²) >= 11 is 4.70. The van der Waals surface area contributed by atoms with Crippen molar-refractivity contribution in [2.75, 3.05) is 5.32 Å². The predicted octanol–water partition coefficient (Wildman–Crippen LogP) is 4.65. The van der Waals surface area contributed by atoms with Crippen molar-refractivity contribution in [3.63, 3.8) is 0 Å². The normalized spacial score (nSPS) is 13.3. The molecule has 0 bridgehead atoms. The fourth-order valence-corrected chi connectivity index (χ4v) is 4.28. The zero-order chi connectivity index (χ0) is 15.7. The molecule has 0 aliphatic heterocycles. The molecule has 0 saturated heterocycles. The number of aryl methyl sites for hydroxylation is 1. The highest BCUT2D eigenvalue weighted by atomic mass is 79.9. The van der Waals surface area contributed by atoms with Gasteiger partial charge in [-0.25, -0.2) is 4.39 Å².